The first-order valence-electron chi connectivity index (χ1n) is 10.0. The smallest absolute Gasteiger partial charge is 0.243 e. The third-order valence-electron chi connectivity index (χ3n) is 5.17. The van der Waals surface area contributed by atoms with Crippen molar-refractivity contribution in [2.45, 2.75) is 35.9 Å². The number of amides is 1. The van der Waals surface area contributed by atoms with Crippen LogP contribution < -0.4 is 4.74 Å². The molecule has 0 atom stereocenters. The van der Waals surface area contributed by atoms with Gasteiger partial charge in [-0.15, -0.1) is 10.2 Å². The molecule has 0 spiro atoms. The van der Waals surface area contributed by atoms with E-state index in [0.717, 1.165) is 18.0 Å². The molecule has 1 aromatic heterocycles. The number of hydrogen-bond acceptors (Lipinski definition) is 7. The molecule has 2 heterocycles. The van der Waals surface area contributed by atoms with E-state index in [2.05, 4.69) is 10.2 Å². The molecular formula is C19H25N5O4S2. The van der Waals surface area contributed by atoms with Crippen molar-refractivity contribution in [1.82, 2.24) is 24.0 Å². The van der Waals surface area contributed by atoms with Crippen LogP contribution in [0.1, 0.15) is 25.8 Å². The van der Waals surface area contributed by atoms with Gasteiger partial charge in [-0.3, -0.25) is 4.79 Å². The van der Waals surface area contributed by atoms with E-state index in [4.69, 9.17) is 4.74 Å². The summed E-state index contributed by atoms with van der Waals surface area (Å²) < 4.78 is 34.6. The van der Waals surface area contributed by atoms with Crippen LogP contribution in [0.4, 0.5) is 0 Å². The minimum atomic E-state index is -3.59. The van der Waals surface area contributed by atoms with E-state index >= 15 is 0 Å². The SMILES string of the molecule is CCOc1ccc(S(=O)(=O)N2CCN(C(=O)CSc3nncn3C3CC3)CC2)cc1. The molecule has 1 aliphatic heterocycles. The van der Waals surface area contributed by atoms with Crippen LogP contribution in [-0.2, 0) is 14.8 Å². The maximum absolute atomic E-state index is 12.9. The lowest BCUT2D eigenvalue weighted by Crippen LogP contribution is -2.50. The number of ether oxygens (including phenoxy) is 1. The minimum absolute atomic E-state index is 0.0107. The molecule has 9 nitrogen and oxygen atoms in total. The van der Waals surface area contributed by atoms with Crippen LogP contribution in [0, 0.1) is 0 Å². The van der Waals surface area contributed by atoms with E-state index in [1.165, 1.54) is 16.1 Å². The molecule has 1 amide bonds. The Bertz CT molecular complexity index is 981. The van der Waals surface area contributed by atoms with Gasteiger partial charge in [-0.1, -0.05) is 11.8 Å². The zero-order valence-electron chi connectivity index (χ0n) is 16.8. The zero-order chi connectivity index (χ0) is 21.1. The monoisotopic (exact) mass is 451 g/mol. The molecule has 2 aliphatic rings. The standard InChI is InChI=1S/C19H25N5O4S2/c1-2-28-16-5-7-17(8-6-16)30(26,27)23-11-9-22(10-12-23)18(25)13-29-19-21-20-14-24(19)15-3-4-15/h5-8,14-15H,2-4,9-13H2,1H3. The Morgan fingerprint density at radius 3 is 2.50 bits per heavy atom. The van der Waals surface area contributed by atoms with E-state index in [9.17, 15) is 13.2 Å². The van der Waals surface area contributed by atoms with E-state index in [0.29, 0.717) is 31.5 Å². The lowest BCUT2D eigenvalue weighted by Gasteiger charge is -2.34. The highest BCUT2D eigenvalue weighted by Gasteiger charge is 2.31. The molecule has 0 unspecified atom stereocenters. The fraction of sp³-hybridized carbons (Fsp3) is 0.526. The van der Waals surface area contributed by atoms with Crippen molar-refractivity contribution in [3.63, 3.8) is 0 Å². The van der Waals surface area contributed by atoms with Crippen molar-refractivity contribution >= 4 is 27.7 Å². The number of hydrogen-bond donors (Lipinski definition) is 0. The van der Waals surface area contributed by atoms with Crippen molar-refractivity contribution in [3.05, 3.63) is 30.6 Å². The maximum atomic E-state index is 12.9. The number of benzene rings is 1. The Labute approximate surface area is 180 Å². The van der Waals surface area contributed by atoms with Gasteiger partial charge in [-0.05, 0) is 44.0 Å². The number of rotatable bonds is 8. The first-order valence-corrected chi connectivity index (χ1v) is 12.4. The third-order valence-corrected chi connectivity index (χ3v) is 8.02. The molecule has 1 aliphatic carbocycles. The first-order chi connectivity index (χ1) is 14.5. The fourth-order valence-electron chi connectivity index (χ4n) is 3.36. The van der Waals surface area contributed by atoms with Gasteiger partial charge in [0.05, 0.1) is 17.3 Å². The van der Waals surface area contributed by atoms with E-state index in [1.54, 1.807) is 35.5 Å². The highest BCUT2D eigenvalue weighted by molar-refractivity contribution is 7.99. The lowest BCUT2D eigenvalue weighted by atomic mass is 10.3. The predicted molar refractivity (Wildman–Crippen MR) is 112 cm³/mol. The minimum Gasteiger partial charge on any atom is -0.494 e. The van der Waals surface area contributed by atoms with Crippen LogP contribution in [0.3, 0.4) is 0 Å². The van der Waals surface area contributed by atoms with Crippen LogP contribution in [0.25, 0.3) is 0 Å². The Morgan fingerprint density at radius 2 is 1.87 bits per heavy atom. The summed E-state index contributed by atoms with van der Waals surface area (Å²) in [4.78, 5) is 14.5. The largest absolute Gasteiger partial charge is 0.494 e. The van der Waals surface area contributed by atoms with Gasteiger partial charge in [-0.2, -0.15) is 4.31 Å². The summed E-state index contributed by atoms with van der Waals surface area (Å²) in [6.07, 6.45) is 3.98. The Balaban J connectivity index is 1.30. The van der Waals surface area contributed by atoms with E-state index in [-0.39, 0.29) is 29.6 Å². The average molecular weight is 452 g/mol. The van der Waals surface area contributed by atoms with Gasteiger partial charge in [0.2, 0.25) is 15.9 Å². The van der Waals surface area contributed by atoms with Crippen LogP contribution in [0.2, 0.25) is 0 Å². The molecule has 1 saturated heterocycles. The summed E-state index contributed by atoms with van der Waals surface area (Å²) in [5.41, 5.74) is 0. The zero-order valence-corrected chi connectivity index (χ0v) is 18.4. The molecule has 1 saturated carbocycles. The Kier molecular flexibility index (Phi) is 6.30. The topological polar surface area (TPSA) is 97.6 Å². The summed E-state index contributed by atoms with van der Waals surface area (Å²) >= 11 is 1.39. The molecule has 30 heavy (non-hydrogen) atoms. The number of nitrogens with zero attached hydrogens (tertiary/aromatic N) is 5. The van der Waals surface area contributed by atoms with Crippen molar-refractivity contribution in [2.75, 3.05) is 38.5 Å². The number of piperazine rings is 1. The van der Waals surface area contributed by atoms with Crippen LogP contribution in [-0.4, -0.2) is 76.8 Å². The Morgan fingerprint density at radius 1 is 1.17 bits per heavy atom. The van der Waals surface area contributed by atoms with E-state index in [1.807, 2.05) is 11.5 Å². The van der Waals surface area contributed by atoms with Gasteiger partial charge in [0.25, 0.3) is 0 Å². The van der Waals surface area contributed by atoms with Gasteiger partial charge < -0.3 is 14.2 Å². The van der Waals surface area contributed by atoms with E-state index < -0.39 is 10.0 Å². The number of sulfonamides is 1. The maximum Gasteiger partial charge on any atom is 0.243 e. The van der Waals surface area contributed by atoms with Gasteiger partial charge in [-0.25, -0.2) is 8.42 Å². The molecule has 11 heteroatoms. The van der Waals surface area contributed by atoms with Crippen molar-refractivity contribution in [2.24, 2.45) is 0 Å². The highest BCUT2D eigenvalue weighted by Crippen LogP contribution is 2.37. The molecule has 4 rings (SSSR count). The molecule has 0 bridgehead atoms. The van der Waals surface area contributed by atoms with Crippen molar-refractivity contribution in [3.8, 4) is 5.75 Å². The summed E-state index contributed by atoms with van der Waals surface area (Å²) in [5.74, 6) is 0.905. The van der Waals surface area contributed by atoms with Crippen molar-refractivity contribution < 1.29 is 17.9 Å². The predicted octanol–water partition coefficient (Wildman–Crippen LogP) is 1.64. The molecule has 162 valence electrons. The van der Waals surface area contributed by atoms with Gasteiger partial charge in [0.1, 0.15) is 12.1 Å². The molecular weight excluding hydrogens is 426 g/mol. The van der Waals surface area contributed by atoms with Crippen LogP contribution in [0.5, 0.6) is 5.75 Å². The van der Waals surface area contributed by atoms with Gasteiger partial charge in [0.15, 0.2) is 5.16 Å². The third kappa shape index (κ3) is 4.62. The molecule has 1 aromatic carbocycles. The number of carbonyl (C=O) groups excluding carboxylic acids is 1. The van der Waals surface area contributed by atoms with Crippen molar-refractivity contribution in [1.29, 1.82) is 0 Å². The Hall–Kier alpha value is -2.11. The second-order valence-corrected chi connectivity index (χ2v) is 10.1. The van der Waals surface area contributed by atoms with Crippen LogP contribution in [0.15, 0.2) is 40.6 Å². The highest BCUT2D eigenvalue weighted by atomic mass is 32.2. The average Bonchev–Trinajstić information content (AvgIpc) is 3.50. The number of aromatic nitrogens is 3. The van der Waals surface area contributed by atoms with Gasteiger partial charge >= 0.3 is 0 Å². The normalized spacial score (nSPS) is 17.8. The summed E-state index contributed by atoms with van der Waals surface area (Å²) in [5, 5.41) is 8.81. The fourth-order valence-corrected chi connectivity index (χ4v) is 5.66. The number of thioether (sulfide) groups is 1. The molecule has 0 radical (unpaired) electrons. The quantitative estimate of drug-likeness (QED) is 0.563. The molecule has 2 fully saturated rings. The molecule has 2 aromatic rings. The van der Waals surface area contributed by atoms with Crippen LogP contribution >= 0.6 is 11.8 Å². The molecule has 0 N–H and O–H groups in total. The number of carbonyl (C=O) groups is 1. The first kappa shape index (κ1) is 21.1. The van der Waals surface area contributed by atoms with Gasteiger partial charge in [0, 0.05) is 32.2 Å². The lowest BCUT2D eigenvalue weighted by molar-refractivity contribution is -0.129. The second kappa shape index (κ2) is 8.94. The summed E-state index contributed by atoms with van der Waals surface area (Å²) in [7, 11) is -3.59. The summed E-state index contributed by atoms with van der Waals surface area (Å²) in [6, 6.07) is 6.91. The second-order valence-electron chi connectivity index (χ2n) is 7.23. The summed E-state index contributed by atoms with van der Waals surface area (Å²) in [6.45, 7) is 3.73.